The molecule has 0 spiro atoms. The smallest absolute Gasteiger partial charge is 0.252 e. The maximum Gasteiger partial charge on any atom is 0.252 e. The van der Waals surface area contributed by atoms with Crippen molar-refractivity contribution >= 4 is 11.8 Å². The third-order valence-electron chi connectivity index (χ3n) is 2.07. The number of hydrogen-bond donors (Lipinski definition) is 3. The van der Waals surface area contributed by atoms with Crippen LogP contribution in [-0.2, 0) is 4.79 Å². The van der Waals surface area contributed by atoms with Crippen LogP contribution in [0.1, 0.15) is 30.6 Å². The molecule has 0 atom stereocenters. The van der Waals surface area contributed by atoms with Crippen LogP contribution >= 0.6 is 0 Å². The van der Waals surface area contributed by atoms with Crippen molar-refractivity contribution < 1.29 is 14.7 Å². The summed E-state index contributed by atoms with van der Waals surface area (Å²) >= 11 is 0. The van der Waals surface area contributed by atoms with Gasteiger partial charge >= 0.3 is 0 Å². The molecule has 6 heteroatoms. The van der Waals surface area contributed by atoms with Gasteiger partial charge in [0.05, 0.1) is 11.8 Å². The highest BCUT2D eigenvalue weighted by Gasteiger charge is 2.08. The third kappa shape index (κ3) is 4.82. The second kappa shape index (κ2) is 6.58. The zero-order valence-electron chi connectivity index (χ0n) is 10.4. The lowest BCUT2D eigenvalue weighted by molar-refractivity contribution is -0.121. The van der Waals surface area contributed by atoms with E-state index in [-0.39, 0.29) is 42.1 Å². The molecule has 1 heterocycles. The number of aromatic nitrogens is 1. The van der Waals surface area contributed by atoms with Crippen LogP contribution in [0.2, 0.25) is 0 Å². The van der Waals surface area contributed by atoms with Crippen LogP contribution < -0.4 is 10.6 Å². The molecule has 1 aromatic heterocycles. The summed E-state index contributed by atoms with van der Waals surface area (Å²) in [6.07, 6.45) is 2.81. The Morgan fingerprint density at radius 2 is 2.11 bits per heavy atom. The largest absolute Gasteiger partial charge is 0.506 e. The fourth-order valence-electron chi connectivity index (χ4n) is 1.34. The minimum Gasteiger partial charge on any atom is -0.506 e. The highest BCUT2D eigenvalue weighted by atomic mass is 16.3. The Labute approximate surface area is 105 Å². The second-order valence-corrected chi connectivity index (χ2v) is 4.16. The molecule has 0 saturated heterocycles. The van der Waals surface area contributed by atoms with Gasteiger partial charge in [-0.2, -0.15) is 0 Å². The number of pyridine rings is 1. The molecule has 0 aliphatic heterocycles. The highest BCUT2D eigenvalue weighted by Crippen LogP contribution is 2.07. The molecule has 1 rings (SSSR count). The van der Waals surface area contributed by atoms with Crippen molar-refractivity contribution in [2.45, 2.75) is 26.3 Å². The minimum atomic E-state index is -0.365. The lowest BCUT2D eigenvalue weighted by Crippen LogP contribution is -2.34. The van der Waals surface area contributed by atoms with Gasteiger partial charge in [0, 0.05) is 25.2 Å². The SMILES string of the molecule is CC(C)NC(=O)CCNC(=O)c1cncc(O)c1. The Bertz CT molecular complexity index is 432. The number of carbonyl (C=O) groups is 2. The van der Waals surface area contributed by atoms with Crippen LogP contribution in [0.3, 0.4) is 0 Å². The summed E-state index contributed by atoms with van der Waals surface area (Å²) in [4.78, 5) is 26.6. The van der Waals surface area contributed by atoms with Gasteiger partial charge in [-0.05, 0) is 19.9 Å². The Hall–Kier alpha value is -2.11. The molecule has 0 radical (unpaired) electrons. The molecule has 0 aliphatic rings. The van der Waals surface area contributed by atoms with Crippen molar-refractivity contribution in [3.05, 3.63) is 24.0 Å². The molecule has 1 aromatic rings. The predicted octanol–water partition coefficient (Wildman–Crippen LogP) is 0.432. The average molecular weight is 251 g/mol. The van der Waals surface area contributed by atoms with E-state index in [0.29, 0.717) is 0 Å². The second-order valence-electron chi connectivity index (χ2n) is 4.16. The zero-order valence-corrected chi connectivity index (χ0v) is 10.4. The van der Waals surface area contributed by atoms with Crippen molar-refractivity contribution in [2.24, 2.45) is 0 Å². The van der Waals surface area contributed by atoms with E-state index < -0.39 is 0 Å². The van der Waals surface area contributed by atoms with E-state index in [1.807, 2.05) is 13.8 Å². The quantitative estimate of drug-likeness (QED) is 0.707. The summed E-state index contributed by atoms with van der Waals surface area (Å²) in [5.74, 6) is -0.546. The van der Waals surface area contributed by atoms with Gasteiger partial charge in [-0.1, -0.05) is 0 Å². The number of amides is 2. The van der Waals surface area contributed by atoms with Crippen molar-refractivity contribution in [1.29, 1.82) is 0 Å². The lowest BCUT2D eigenvalue weighted by Gasteiger charge is -2.08. The topological polar surface area (TPSA) is 91.3 Å². The Kier molecular flexibility index (Phi) is 5.10. The predicted molar refractivity (Wildman–Crippen MR) is 66.1 cm³/mol. The van der Waals surface area contributed by atoms with Gasteiger partial charge in [0.25, 0.3) is 5.91 Å². The highest BCUT2D eigenvalue weighted by molar-refractivity contribution is 5.94. The molecule has 0 aromatic carbocycles. The van der Waals surface area contributed by atoms with Crippen LogP contribution in [0.5, 0.6) is 5.75 Å². The van der Waals surface area contributed by atoms with E-state index in [1.165, 1.54) is 18.5 Å². The van der Waals surface area contributed by atoms with Crippen molar-refractivity contribution in [2.75, 3.05) is 6.54 Å². The number of carbonyl (C=O) groups excluding carboxylic acids is 2. The molecule has 0 unspecified atom stereocenters. The average Bonchev–Trinajstić information content (AvgIpc) is 2.27. The summed E-state index contributed by atoms with van der Waals surface area (Å²) in [5.41, 5.74) is 0.263. The molecular formula is C12H17N3O3. The van der Waals surface area contributed by atoms with Crippen LogP contribution in [0.15, 0.2) is 18.5 Å². The lowest BCUT2D eigenvalue weighted by atomic mass is 10.2. The third-order valence-corrected chi connectivity index (χ3v) is 2.07. The van der Waals surface area contributed by atoms with Crippen LogP contribution in [0.25, 0.3) is 0 Å². The first kappa shape index (κ1) is 14.0. The van der Waals surface area contributed by atoms with E-state index in [0.717, 1.165) is 0 Å². The number of rotatable bonds is 5. The van der Waals surface area contributed by atoms with Crippen LogP contribution in [-0.4, -0.2) is 34.5 Å². The molecule has 0 fully saturated rings. The Balaban J connectivity index is 2.36. The van der Waals surface area contributed by atoms with Gasteiger partial charge in [-0.15, -0.1) is 0 Å². The molecule has 18 heavy (non-hydrogen) atoms. The van der Waals surface area contributed by atoms with Crippen molar-refractivity contribution in [3.63, 3.8) is 0 Å². The summed E-state index contributed by atoms with van der Waals surface area (Å²) in [6, 6.07) is 1.40. The Morgan fingerprint density at radius 3 is 2.72 bits per heavy atom. The normalized spacial score (nSPS) is 10.2. The van der Waals surface area contributed by atoms with Crippen LogP contribution in [0.4, 0.5) is 0 Å². The molecule has 2 amide bonds. The molecule has 0 bridgehead atoms. The fourth-order valence-corrected chi connectivity index (χ4v) is 1.34. The van der Waals surface area contributed by atoms with Crippen molar-refractivity contribution in [3.8, 4) is 5.75 Å². The van der Waals surface area contributed by atoms with Gasteiger partial charge < -0.3 is 15.7 Å². The van der Waals surface area contributed by atoms with E-state index in [4.69, 9.17) is 5.11 Å². The first-order valence-corrected chi connectivity index (χ1v) is 5.70. The summed E-state index contributed by atoms with van der Waals surface area (Å²) in [5, 5.41) is 14.5. The summed E-state index contributed by atoms with van der Waals surface area (Å²) in [6.45, 7) is 3.98. The summed E-state index contributed by atoms with van der Waals surface area (Å²) < 4.78 is 0. The van der Waals surface area contributed by atoms with E-state index in [9.17, 15) is 9.59 Å². The standard InChI is InChI=1S/C12H17N3O3/c1-8(2)15-11(17)3-4-14-12(18)9-5-10(16)7-13-6-9/h5-8,16H,3-4H2,1-2H3,(H,14,18)(H,15,17). The first-order chi connectivity index (χ1) is 8.49. The van der Waals surface area contributed by atoms with Gasteiger partial charge in [-0.25, -0.2) is 0 Å². The monoisotopic (exact) mass is 251 g/mol. The summed E-state index contributed by atoms with van der Waals surface area (Å²) in [7, 11) is 0. The number of nitrogens with zero attached hydrogens (tertiary/aromatic N) is 1. The van der Waals surface area contributed by atoms with Crippen LogP contribution in [0, 0.1) is 0 Å². The minimum absolute atomic E-state index is 0.0693. The molecule has 98 valence electrons. The first-order valence-electron chi connectivity index (χ1n) is 5.70. The fraction of sp³-hybridized carbons (Fsp3) is 0.417. The number of nitrogens with one attached hydrogen (secondary N) is 2. The molecule has 3 N–H and O–H groups in total. The van der Waals surface area contributed by atoms with Crippen molar-refractivity contribution in [1.82, 2.24) is 15.6 Å². The molecule has 6 nitrogen and oxygen atoms in total. The number of hydrogen-bond acceptors (Lipinski definition) is 4. The van der Waals surface area contributed by atoms with Gasteiger partial charge in [-0.3, -0.25) is 14.6 Å². The Morgan fingerprint density at radius 1 is 1.39 bits per heavy atom. The zero-order chi connectivity index (χ0) is 13.5. The van der Waals surface area contributed by atoms with Gasteiger partial charge in [0.2, 0.25) is 5.91 Å². The van der Waals surface area contributed by atoms with E-state index >= 15 is 0 Å². The van der Waals surface area contributed by atoms with Gasteiger partial charge in [0.1, 0.15) is 5.75 Å². The molecular weight excluding hydrogens is 234 g/mol. The number of aromatic hydroxyl groups is 1. The molecule has 0 saturated carbocycles. The molecule has 0 aliphatic carbocycles. The maximum absolute atomic E-state index is 11.6. The maximum atomic E-state index is 11.6. The van der Waals surface area contributed by atoms with Gasteiger partial charge in [0.15, 0.2) is 0 Å². The van der Waals surface area contributed by atoms with E-state index in [2.05, 4.69) is 15.6 Å². The van der Waals surface area contributed by atoms with E-state index in [1.54, 1.807) is 0 Å².